The Hall–Kier alpha value is -3.35. The number of ketones is 1. The molecular formula is C21H23NO6. The van der Waals surface area contributed by atoms with Crippen LogP contribution in [0.25, 0.3) is 0 Å². The highest BCUT2D eigenvalue weighted by molar-refractivity contribution is 5.96. The maximum Gasteiger partial charge on any atom is 0.344 e. The lowest BCUT2D eigenvalue weighted by Gasteiger charge is -2.16. The number of amides is 1. The summed E-state index contributed by atoms with van der Waals surface area (Å²) in [4.78, 5) is 35.5. The van der Waals surface area contributed by atoms with Gasteiger partial charge in [0.05, 0.1) is 12.8 Å². The molecule has 0 saturated heterocycles. The minimum Gasteiger partial charge on any atom is -0.495 e. The molecule has 0 radical (unpaired) electrons. The van der Waals surface area contributed by atoms with Gasteiger partial charge in [-0.2, -0.15) is 0 Å². The molecule has 28 heavy (non-hydrogen) atoms. The van der Waals surface area contributed by atoms with Crippen molar-refractivity contribution in [2.75, 3.05) is 19.0 Å². The number of hydrogen-bond acceptors (Lipinski definition) is 6. The minimum absolute atomic E-state index is 0.0592. The van der Waals surface area contributed by atoms with Crippen LogP contribution in [0.1, 0.15) is 29.8 Å². The molecule has 0 heterocycles. The van der Waals surface area contributed by atoms with Crippen LogP contribution >= 0.6 is 0 Å². The van der Waals surface area contributed by atoms with Crippen LogP contribution in [0.3, 0.4) is 0 Å². The van der Waals surface area contributed by atoms with E-state index in [2.05, 4.69) is 5.32 Å². The average Bonchev–Trinajstić information content (AvgIpc) is 2.66. The number of benzene rings is 2. The number of Topliss-reactive ketones (excluding diaryl/α,β-unsaturated/α-hetero) is 1. The fourth-order valence-corrected chi connectivity index (χ4v) is 2.37. The number of ether oxygens (including phenoxy) is 3. The molecule has 0 aromatic heterocycles. The van der Waals surface area contributed by atoms with Gasteiger partial charge in [0.25, 0.3) is 5.91 Å². The minimum atomic E-state index is -1.01. The predicted molar refractivity (Wildman–Crippen MR) is 104 cm³/mol. The predicted octanol–water partition coefficient (Wildman–Crippen LogP) is 3.16. The van der Waals surface area contributed by atoms with Crippen molar-refractivity contribution in [3.8, 4) is 11.5 Å². The van der Waals surface area contributed by atoms with E-state index in [-0.39, 0.29) is 12.4 Å². The SMILES string of the molecule is COc1ccc(C)cc1NC(=O)[C@@H](C)OC(=O)COc1ccc(C(C)=O)cc1. The van der Waals surface area contributed by atoms with Crippen LogP contribution in [-0.4, -0.2) is 37.5 Å². The first-order chi connectivity index (χ1) is 13.3. The van der Waals surface area contributed by atoms with Crippen molar-refractivity contribution in [2.45, 2.75) is 26.9 Å². The third-order valence-electron chi connectivity index (χ3n) is 3.91. The molecule has 148 valence electrons. The number of esters is 1. The lowest BCUT2D eigenvalue weighted by atomic mass is 10.1. The summed E-state index contributed by atoms with van der Waals surface area (Å²) in [5.74, 6) is -0.299. The fraction of sp³-hybridized carbons (Fsp3) is 0.286. The maximum absolute atomic E-state index is 12.3. The highest BCUT2D eigenvalue weighted by Crippen LogP contribution is 2.25. The summed E-state index contributed by atoms with van der Waals surface area (Å²) < 4.78 is 15.6. The van der Waals surface area contributed by atoms with Crippen LogP contribution < -0.4 is 14.8 Å². The molecule has 1 atom stereocenters. The lowest BCUT2D eigenvalue weighted by molar-refractivity contribution is -0.155. The molecule has 0 bridgehead atoms. The zero-order valence-electron chi connectivity index (χ0n) is 16.3. The number of methoxy groups -OCH3 is 1. The molecular weight excluding hydrogens is 362 g/mol. The van der Waals surface area contributed by atoms with E-state index >= 15 is 0 Å². The van der Waals surface area contributed by atoms with E-state index in [9.17, 15) is 14.4 Å². The summed E-state index contributed by atoms with van der Waals surface area (Å²) in [5, 5.41) is 2.68. The molecule has 7 heteroatoms. The van der Waals surface area contributed by atoms with Crippen molar-refractivity contribution in [3.05, 3.63) is 53.6 Å². The Labute approximate surface area is 163 Å². The molecule has 0 spiro atoms. The van der Waals surface area contributed by atoms with E-state index < -0.39 is 18.0 Å². The van der Waals surface area contributed by atoms with Crippen LogP contribution in [0, 0.1) is 6.92 Å². The van der Waals surface area contributed by atoms with E-state index in [0.717, 1.165) is 5.56 Å². The number of nitrogens with one attached hydrogen (secondary N) is 1. The molecule has 0 fully saturated rings. The van der Waals surface area contributed by atoms with Gasteiger partial charge >= 0.3 is 5.97 Å². The monoisotopic (exact) mass is 385 g/mol. The molecule has 0 saturated carbocycles. The molecule has 0 aliphatic heterocycles. The van der Waals surface area contributed by atoms with Crippen molar-refractivity contribution in [2.24, 2.45) is 0 Å². The Morgan fingerprint density at radius 3 is 2.36 bits per heavy atom. The number of carbonyl (C=O) groups excluding carboxylic acids is 3. The summed E-state index contributed by atoms with van der Waals surface area (Å²) in [5.41, 5.74) is 1.99. The Bertz CT molecular complexity index is 860. The third kappa shape index (κ3) is 5.84. The zero-order chi connectivity index (χ0) is 20.7. The van der Waals surface area contributed by atoms with Crippen LogP contribution in [-0.2, 0) is 14.3 Å². The summed E-state index contributed by atoms with van der Waals surface area (Å²) >= 11 is 0. The summed E-state index contributed by atoms with van der Waals surface area (Å²) in [7, 11) is 1.50. The molecule has 0 aliphatic rings. The van der Waals surface area contributed by atoms with Gasteiger partial charge in [-0.1, -0.05) is 6.07 Å². The number of rotatable bonds is 8. The highest BCUT2D eigenvalue weighted by atomic mass is 16.6. The van der Waals surface area contributed by atoms with Crippen molar-refractivity contribution in [1.82, 2.24) is 0 Å². The first-order valence-corrected chi connectivity index (χ1v) is 8.69. The van der Waals surface area contributed by atoms with E-state index in [1.54, 1.807) is 36.4 Å². The van der Waals surface area contributed by atoms with Crippen molar-refractivity contribution in [1.29, 1.82) is 0 Å². The Morgan fingerprint density at radius 1 is 1.07 bits per heavy atom. The number of aryl methyl sites for hydroxylation is 1. The van der Waals surface area contributed by atoms with E-state index in [4.69, 9.17) is 14.2 Å². The highest BCUT2D eigenvalue weighted by Gasteiger charge is 2.19. The van der Waals surface area contributed by atoms with E-state index in [1.807, 2.05) is 13.0 Å². The molecule has 0 unspecified atom stereocenters. The normalized spacial score (nSPS) is 11.3. The maximum atomic E-state index is 12.3. The van der Waals surface area contributed by atoms with Gasteiger partial charge in [0, 0.05) is 5.56 Å². The van der Waals surface area contributed by atoms with Gasteiger partial charge < -0.3 is 19.5 Å². The standard InChI is InChI=1S/C21H23NO6/c1-13-5-10-19(26-4)18(11-13)22-21(25)15(3)28-20(24)12-27-17-8-6-16(7-9-17)14(2)23/h5-11,15H,12H2,1-4H3,(H,22,25)/t15-/m1/s1. The Balaban J connectivity index is 1.86. The summed E-state index contributed by atoms with van der Waals surface area (Å²) in [6.45, 7) is 4.47. The molecule has 2 aromatic rings. The fourth-order valence-electron chi connectivity index (χ4n) is 2.37. The second-order valence-electron chi connectivity index (χ2n) is 6.19. The number of carbonyl (C=O) groups is 3. The van der Waals surface area contributed by atoms with E-state index in [0.29, 0.717) is 22.7 Å². The van der Waals surface area contributed by atoms with Crippen LogP contribution in [0.15, 0.2) is 42.5 Å². The van der Waals surface area contributed by atoms with Crippen molar-refractivity contribution >= 4 is 23.3 Å². The van der Waals surface area contributed by atoms with E-state index in [1.165, 1.54) is 21.0 Å². The molecule has 2 rings (SSSR count). The van der Waals surface area contributed by atoms with Crippen LogP contribution in [0.5, 0.6) is 11.5 Å². The summed E-state index contributed by atoms with van der Waals surface area (Å²) in [6.07, 6.45) is -1.01. The third-order valence-corrected chi connectivity index (χ3v) is 3.91. The van der Waals surface area contributed by atoms with Gasteiger partial charge in [-0.3, -0.25) is 9.59 Å². The smallest absolute Gasteiger partial charge is 0.344 e. The van der Waals surface area contributed by atoms with Gasteiger partial charge in [0.2, 0.25) is 0 Å². The summed E-state index contributed by atoms with van der Waals surface area (Å²) in [6, 6.07) is 11.8. The van der Waals surface area contributed by atoms with Gasteiger partial charge in [0.1, 0.15) is 11.5 Å². The second-order valence-corrected chi connectivity index (χ2v) is 6.19. The molecule has 7 nitrogen and oxygen atoms in total. The van der Waals surface area contributed by atoms with Crippen molar-refractivity contribution < 1.29 is 28.6 Å². The number of anilines is 1. The average molecular weight is 385 g/mol. The van der Waals surface area contributed by atoms with Crippen molar-refractivity contribution in [3.63, 3.8) is 0 Å². The van der Waals surface area contributed by atoms with Gasteiger partial charge in [-0.05, 0) is 62.7 Å². The Kier molecular flexibility index (Phi) is 7.14. The zero-order valence-corrected chi connectivity index (χ0v) is 16.3. The van der Waals surface area contributed by atoms with Gasteiger partial charge in [0.15, 0.2) is 18.5 Å². The van der Waals surface area contributed by atoms with Gasteiger partial charge in [-0.25, -0.2) is 4.79 Å². The number of hydrogen-bond donors (Lipinski definition) is 1. The Morgan fingerprint density at radius 2 is 1.75 bits per heavy atom. The van der Waals surface area contributed by atoms with Crippen LogP contribution in [0.4, 0.5) is 5.69 Å². The van der Waals surface area contributed by atoms with Crippen LogP contribution in [0.2, 0.25) is 0 Å². The molecule has 2 aromatic carbocycles. The van der Waals surface area contributed by atoms with Gasteiger partial charge in [-0.15, -0.1) is 0 Å². The lowest BCUT2D eigenvalue weighted by Crippen LogP contribution is -2.31. The molecule has 1 N–H and O–H groups in total. The second kappa shape index (κ2) is 9.55. The first-order valence-electron chi connectivity index (χ1n) is 8.69. The first kappa shape index (κ1) is 21.0. The molecule has 1 amide bonds. The molecule has 0 aliphatic carbocycles. The quantitative estimate of drug-likeness (QED) is 0.554. The topological polar surface area (TPSA) is 90.9 Å². The largest absolute Gasteiger partial charge is 0.495 e.